The molecule has 2 aromatic carbocycles. The fourth-order valence-electron chi connectivity index (χ4n) is 3.68. The molecule has 9 heteroatoms. The highest BCUT2D eigenvalue weighted by molar-refractivity contribution is 7.89. The van der Waals surface area contributed by atoms with Crippen molar-refractivity contribution in [3.8, 4) is 5.75 Å². The molecule has 0 amide bonds. The molecule has 0 bridgehead atoms. The quantitative estimate of drug-likeness (QED) is 0.580. The molecule has 7 nitrogen and oxygen atoms in total. The van der Waals surface area contributed by atoms with Gasteiger partial charge < -0.3 is 14.5 Å². The zero-order chi connectivity index (χ0) is 22.0. The number of hydrogen-bond acceptors (Lipinski definition) is 5. The number of hydrogen-bond donors (Lipinski definition) is 1. The van der Waals surface area contributed by atoms with Crippen LogP contribution in [0.2, 0.25) is 5.02 Å². The van der Waals surface area contributed by atoms with E-state index < -0.39 is 10.0 Å². The zero-order valence-corrected chi connectivity index (χ0v) is 18.6. The van der Waals surface area contributed by atoms with E-state index in [1.165, 1.54) is 28.6 Å². The lowest BCUT2D eigenvalue weighted by Crippen LogP contribution is -2.38. The summed E-state index contributed by atoms with van der Waals surface area (Å²) in [6.07, 6.45) is 1.45. The van der Waals surface area contributed by atoms with Crippen LogP contribution in [0, 0.1) is 0 Å². The van der Waals surface area contributed by atoms with Crippen molar-refractivity contribution in [1.29, 1.82) is 0 Å². The lowest BCUT2D eigenvalue weighted by Gasteiger charge is -2.25. The Morgan fingerprint density at radius 2 is 1.97 bits per heavy atom. The van der Waals surface area contributed by atoms with Gasteiger partial charge in [-0.05, 0) is 61.4 Å². The number of methoxy groups -OCH3 is 1. The average molecular weight is 463 g/mol. The summed E-state index contributed by atoms with van der Waals surface area (Å²) in [6, 6.07) is 13.0. The van der Waals surface area contributed by atoms with E-state index in [2.05, 4.69) is 4.98 Å². The SMILES string of the molecule is COc1ccc2[nH]c(=O)c(CN(CC3CCCO3)S(=O)(=O)c3ccc(Cl)cc3)cc2c1. The summed E-state index contributed by atoms with van der Waals surface area (Å²) >= 11 is 5.93. The maximum Gasteiger partial charge on any atom is 0.252 e. The molecular weight excluding hydrogens is 440 g/mol. The van der Waals surface area contributed by atoms with Gasteiger partial charge in [0.2, 0.25) is 10.0 Å². The third-order valence-electron chi connectivity index (χ3n) is 5.36. The van der Waals surface area contributed by atoms with Crippen LogP contribution in [0.25, 0.3) is 10.9 Å². The van der Waals surface area contributed by atoms with Crippen LogP contribution in [0.15, 0.2) is 58.2 Å². The van der Waals surface area contributed by atoms with E-state index in [0.29, 0.717) is 28.5 Å². The lowest BCUT2D eigenvalue weighted by molar-refractivity contribution is 0.0925. The lowest BCUT2D eigenvalue weighted by atomic mass is 10.1. The molecule has 0 spiro atoms. The first kappa shape index (κ1) is 21.8. The van der Waals surface area contributed by atoms with Gasteiger partial charge in [0, 0.05) is 41.2 Å². The van der Waals surface area contributed by atoms with Gasteiger partial charge in [0.1, 0.15) is 5.75 Å². The van der Waals surface area contributed by atoms with Crippen molar-refractivity contribution < 1.29 is 17.9 Å². The number of aromatic amines is 1. The van der Waals surface area contributed by atoms with Crippen LogP contribution < -0.4 is 10.3 Å². The number of rotatable bonds is 7. The molecule has 1 aliphatic heterocycles. The Kier molecular flexibility index (Phi) is 6.34. The number of nitrogens with zero attached hydrogens (tertiary/aromatic N) is 1. The van der Waals surface area contributed by atoms with Crippen molar-refractivity contribution in [2.75, 3.05) is 20.3 Å². The standard InChI is InChI=1S/C22H23ClN2O5S/c1-29-18-6-9-21-15(12-18)11-16(22(26)24-21)13-25(14-19-3-2-10-30-19)31(27,28)20-7-4-17(23)5-8-20/h4-9,11-12,19H,2-3,10,13-14H2,1H3,(H,24,26). The molecule has 0 saturated carbocycles. The predicted octanol–water partition coefficient (Wildman–Crippen LogP) is 3.56. The summed E-state index contributed by atoms with van der Waals surface area (Å²) in [5.41, 5.74) is 0.665. The van der Waals surface area contributed by atoms with Crippen molar-refractivity contribution in [2.24, 2.45) is 0 Å². The highest BCUT2D eigenvalue weighted by Crippen LogP contribution is 2.24. The first-order chi connectivity index (χ1) is 14.9. The number of ether oxygens (including phenoxy) is 2. The maximum absolute atomic E-state index is 13.4. The first-order valence-corrected chi connectivity index (χ1v) is 11.8. The second-order valence-corrected chi connectivity index (χ2v) is 9.84. The summed E-state index contributed by atoms with van der Waals surface area (Å²) in [7, 11) is -2.30. The molecule has 4 rings (SSSR count). The van der Waals surface area contributed by atoms with Gasteiger partial charge in [-0.3, -0.25) is 4.79 Å². The van der Waals surface area contributed by atoms with Crippen molar-refractivity contribution in [2.45, 2.75) is 30.4 Å². The molecule has 0 radical (unpaired) electrons. The molecule has 1 aliphatic rings. The van der Waals surface area contributed by atoms with E-state index in [1.807, 2.05) is 0 Å². The molecule has 2 heterocycles. The Labute approximate surface area is 185 Å². The van der Waals surface area contributed by atoms with Crippen LogP contribution in [-0.4, -0.2) is 44.1 Å². The maximum atomic E-state index is 13.4. The van der Waals surface area contributed by atoms with Gasteiger partial charge in [-0.15, -0.1) is 0 Å². The van der Waals surface area contributed by atoms with Gasteiger partial charge in [-0.1, -0.05) is 11.6 Å². The smallest absolute Gasteiger partial charge is 0.252 e. The third-order valence-corrected chi connectivity index (χ3v) is 7.44. The molecule has 0 aliphatic carbocycles. The number of sulfonamides is 1. The average Bonchev–Trinajstić information content (AvgIpc) is 3.27. The van der Waals surface area contributed by atoms with Crippen LogP contribution in [0.1, 0.15) is 18.4 Å². The Balaban J connectivity index is 1.72. The highest BCUT2D eigenvalue weighted by Gasteiger charge is 2.30. The highest BCUT2D eigenvalue weighted by atomic mass is 35.5. The van der Waals surface area contributed by atoms with E-state index in [-0.39, 0.29) is 29.6 Å². The van der Waals surface area contributed by atoms with E-state index in [0.717, 1.165) is 18.2 Å². The van der Waals surface area contributed by atoms with Crippen LogP contribution in [-0.2, 0) is 21.3 Å². The molecule has 3 aromatic rings. The van der Waals surface area contributed by atoms with Crippen molar-refractivity contribution in [3.63, 3.8) is 0 Å². The number of aromatic nitrogens is 1. The third kappa shape index (κ3) is 4.77. The zero-order valence-electron chi connectivity index (χ0n) is 17.0. The Hall–Kier alpha value is -2.39. The second-order valence-electron chi connectivity index (χ2n) is 7.46. The number of halogens is 1. The van der Waals surface area contributed by atoms with Crippen LogP contribution in [0.3, 0.4) is 0 Å². The molecule has 1 unspecified atom stereocenters. The molecule has 31 heavy (non-hydrogen) atoms. The number of fused-ring (bicyclic) bond motifs is 1. The van der Waals surface area contributed by atoms with Crippen LogP contribution >= 0.6 is 11.6 Å². The van der Waals surface area contributed by atoms with Gasteiger partial charge in [0.05, 0.1) is 18.1 Å². The van der Waals surface area contributed by atoms with Crippen LogP contribution in [0.4, 0.5) is 0 Å². The normalized spacial score (nSPS) is 16.8. The topological polar surface area (TPSA) is 88.7 Å². The van der Waals surface area contributed by atoms with E-state index >= 15 is 0 Å². The molecular formula is C22H23ClN2O5S. The summed E-state index contributed by atoms with van der Waals surface area (Å²) < 4.78 is 39.1. The molecule has 1 aromatic heterocycles. The van der Waals surface area contributed by atoms with Crippen molar-refractivity contribution in [3.05, 3.63) is 69.5 Å². The van der Waals surface area contributed by atoms with E-state index in [1.54, 1.807) is 31.4 Å². The first-order valence-electron chi connectivity index (χ1n) is 9.94. The number of H-pyrrole nitrogens is 1. The van der Waals surface area contributed by atoms with E-state index in [9.17, 15) is 13.2 Å². The minimum atomic E-state index is -3.87. The van der Waals surface area contributed by atoms with Gasteiger partial charge in [0.25, 0.3) is 5.56 Å². The summed E-state index contributed by atoms with van der Waals surface area (Å²) in [5.74, 6) is 0.649. The monoisotopic (exact) mass is 462 g/mol. The van der Waals surface area contributed by atoms with Crippen molar-refractivity contribution >= 4 is 32.5 Å². The van der Waals surface area contributed by atoms with Crippen molar-refractivity contribution in [1.82, 2.24) is 9.29 Å². The second kappa shape index (κ2) is 9.00. The largest absolute Gasteiger partial charge is 0.497 e. The minimum Gasteiger partial charge on any atom is -0.497 e. The van der Waals surface area contributed by atoms with Crippen LogP contribution in [0.5, 0.6) is 5.75 Å². The summed E-state index contributed by atoms with van der Waals surface area (Å²) in [5, 5.41) is 1.21. The Morgan fingerprint density at radius 3 is 2.65 bits per heavy atom. The molecule has 1 fully saturated rings. The Morgan fingerprint density at radius 1 is 1.19 bits per heavy atom. The number of pyridine rings is 1. The molecule has 1 N–H and O–H groups in total. The predicted molar refractivity (Wildman–Crippen MR) is 119 cm³/mol. The molecule has 1 saturated heterocycles. The molecule has 164 valence electrons. The number of benzene rings is 2. The van der Waals surface area contributed by atoms with Gasteiger partial charge >= 0.3 is 0 Å². The van der Waals surface area contributed by atoms with Gasteiger partial charge in [-0.25, -0.2) is 8.42 Å². The fourth-order valence-corrected chi connectivity index (χ4v) is 5.26. The fraction of sp³-hybridized carbons (Fsp3) is 0.318. The Bertz CT molecular complexity index is 1230. The minimum absolute atomic E-state index is 0.0761. The number of nitrogens with one attached hydrogen (secondary N) is 1. The summed E-state index contributed by atoms with van der Waals surface area (Å²) in [4.78, 5) is 15.7. The van der Waals surface area contributed by atoms with Gasteiger partial charge in [-0.2, -0.15) is 4.31 Å². The van der Waals surface area contributed by atoms with E-state index in [4.69, 9.17) is 21.1 Å². The summed E-state index contributed by atoms with van der Waals surface area (Å²) in [6.45, 7) is 0.698. The van der Waals surface area contributed by atoms with Gasteiger partial charge in [0.15, 0.2) is 0 Å². The molecule has 1 atom stereocenters.